The molecule has 0 saturated carbocycles. The predicted octanol–water partition coefficient (Wildman–Crippen LogP) is 6.00. The van der Waals surface area contributed by atoms with Crippen LogP contribution in [0.25, 0.3) is 11.3 Å². The Labute approximate surface area is 164 Å². The van der Waals surface area contributed by atoms with E-state index in [1.54, 1.807) is 11.3 Å². The fourth-order valence-corrected chi connectivity index (χ4v) is 4.31. The molecule has 0 aliphatic carbocycles. The van der Waals surface area contributed by atoms with Crippen molar-refractivity contribution >= 4 is 17.0 Å². The van der Waals surface area contributed by atoms with Gasteiger partial charge in [-0.05, 0) is 36.6 Å². The molecule has 1 aromatic heterocycles. The van der Waals surface area contributed by atoms with Crippen LogP contribution in [0.1, 0.15) is 10.4 Å². The van der Waals surface area contributed by atoms with Crippen LogP contribution >= 0.6 is 11.3 Å². The summed E-state index contributed by atoms with van der Waals surface area (Å²) in [5.74, 6) is 0. The van der Waals surface area contributed by atoms with E-state index in [9.17, 15) is 0 Å². The summed E-state index contributed by atoms with van der Waals surface area (Å²) in [6, 6.07) is 31.5. The van der Waals surface area contributed by atoms with E-state index >= 15 is 0 Å². The zero-order valence-electron chi connectivity index (χ0n) is 15.4. The van der Waals surface area contributed by atoms with Crippen LogP contribution in [0.4, 0.5) is 5.69 Å². The molecule has 0 bridgehead atoms. The van der Waals surface area contributed by atoms with Crippen molar-refractivity contribution in [2.45, 2.75) is 19.9 Å². The Morgan fingerprint density at radius 2 is 1.37 bits per heavy atom. The largest absolute Gasteiger partial charge is 0.316 e. The van der Waals surface area contributed by atoms with E-state index in [4.69, 9.17) is 4.99 Å². The Kier molecular flexibility index (Phi) is 5.31. The first kappa shape index (κ1) is 17.5. The quantitative estimate of drug-likeness (QED) is 0.410. The summed E-state index contributed by atoms with van der Waals surface area (Å²) < 4.78 is 2.37. The van der Waals surface area contributed by atoms with Gasteiger partial charge in [0.2, 0.25) is 0 Å². The lowest BCUT2D eigenvalue weighted by molar-refractivity contribution is 0.683. The van der Waals surface area contributed by atoms with Crippen LogP contribution in [-0.2, 0) is 13.0 Å². The molecule has 0 saturated heterocycles. The molecule has 0 spiro atoms. The Balaban J connectivity index is 1.80. The van der Waals surface area contributed by atoms with Crippen molar-refractivity contribution in [3.8, 4) is 11.3 Å². The average molecular weight is 371 g/mol. The highest BCUT2D eigenvalue weighted by Gasteiger charge is 2.12. The lowest BCUT2D eigenvalue weighted by Crippen LogP contribution is -2.17. The van der Waals surface area contributed by atoms with Gasteiger partial charge in [-0.15, -0.1) is 11.3 Å². The minimum atomic E-state index is 0.907. The molecule has 3 heteroatoms. The van der Waals surface area contributed by atoms with E-state index in [1.165, 1.54) is 21.7 Å². The van der Waals surface area contributed by atoms with Gasteiger partial charge in [0.15, 0.2) is 4.80 Å². The summed E-state index contributed by atoms with van der Waals surface area (Å²) in [6.07, 6.45) is 0.985. The predicted molar refractivity (Wildman–Crippen MR) is 114 cm³/mol. The van der Waals surface area contributed by atoms with Crippen LogP contribution in [0.2, 0.25) is 0 Å². The highest BCUT2D eigenvalue weighted by molar-refractivity contribution is 7.09. The third-order valence-corrected chi connectivity index (χ3v) is 5.57. The highest BCUT2D eigenvalue weighted by atomic mass is 32.1. The zero-order valence-corrected chi connectivity index (χ0v) is 16.2. The number of hydrogen-bond acceptors (Lipinski definition) is 2. The van der Waals surface area contributed by atoms with Gasteiger partial charge in [-0.1, -0.05) is 78.9 Å². The summed E-state index contributed by atoms with van der Waals surface area (Å²) >= 11 is 1.76. The first-order valence-electron chi connectivity index (χ1n) is 9.20. The summed E-state index contributed by atoms with van der Waals surface area (Å²) in [5, 5.41) is 0. The average Bonchev–Trinajstić information content (AvgIpc) is 3.03. The van der Waals surface area contributed by atoms with E-state index in [1.807, 2.05) is 18.2 Å². The Morgan fingerprint density at radius 3 is 2.04 bits per heavy atom. The smallest absolute Gasteiger partial charge is 0.190 e. The molecular formula is C24H22N2S. The molecule has 0 amide bonds. The van der Waals surface area contributed by atoms with Gasteiger partial charge >= 0.3 is 0 Å². The normalized spacial score (nSPS) is 11.7. The number of aromatic nitrogens is 1. The molecule has 0 radical (unpaired) electrons. The van der Waals surface area contributed by atoms with Crippen molar-refractivity contribution in [1.82, 2.24) is 4.57 Å². The fourth-order valence-electron chi connectivity index (χ4n) is 3.27. The Bertz CT molecular complexity index is 1060. The number of aryl methyl sites for hydroxylation is 2. The number of nitrogens with zero attached hydrogens (tertiary/aromatic N) is 2. The van der Waals surface area contributed by atoms with E-state index in [0.717, 1.165) is 23.5 Å². The molecule has 0 atom stereocenters. The van der Waals surface area contributed by atoms with Crippen molar-refractivity contribution < 1.29 is 0 Å². The van der Waals surface area contributed by atoms with Gasteiger partial charge in [0, 0.05) is 11.4 Å². The van der Waals surface area contributed by atoms with Gasteiger partial charge in [0.25, 0.3) is 0 Å². The van der Waals surface area contributed by atoms with Crippen LogP contribution in [0, 0.1) is 6.92 Å². The summed E-state index contributed by atoms with van der Waals surface area (Å²) in [6.45, 7) is 3.10. The molecule has 134 valence electrons. The molecule has 0 unspecified atom stereocenters. The van der Waals surface area contributed by atoms with E-state index in [-0.39, 0.29) is 0 Å². The number of benzene rings is 3. The molecule has 3 aromatic carbocycles. The fraction of sp³-hybridized carbons (Fsp3) is 0.125. The maximum Gasteiger partial charge on any atom is 0.190 e. The molecule has 4 aromatic rings. The number of rotatable bonds is 5. The Morgan fingerprint density at radius 1 is 0.778 bits per heavy atom. The summed E-state index contributed by atoms with van der Waals surface area (Å²) in [5.41, 5.74) is 4.85. The van der Waals surface area contributed by atoms with Crippen molar-refractivity contribution in [3.05, 3.63) is 106 Å². The zero-order chi connectivity index (χ0) is 18.5. The van der Waals surface area contributed by atoms with Crippen molar-refractivity contribution in [2.24, 2.45) is 4.99 Å². The molecular weight excluding hydrogens is 348 g/mol. The molecule has 0 aliphatic heterocycles. The second kappa shape index (κ2) is 8.19. The van der Waals surface area contributed by atoms with Gasteiger partial charge in [-0.3, -0.25) is 0 Å². The summed E-state index contributed by atoms with van der Waals surface area (Å²) in [7, 11) is 0. The standard InChI is InChI=1S/C24H22N2S/c1-19-23(21-13-7-3-8-14-21)26(18-17-20-11-5-2-6-12-20)24(27-19)25-22-15-9-4-10-16-22/h2-16H,17-18H2,1H3. The molecule has 0 N–H and O–H groups in total. The van der Waals surface area contributed by atoms with Gasteiger partial charge in [-0.25, -0.2) is 4.99 Å². The van der Waals surface area contributed by atoms with E-state index < -0.39 is 0 Å². The van der Waals surface area contributed by atoms with Crippen LogP contribution in [0.5, 0.6) is 0 Å². The minimum absolute atomic E-state index is 0.907. The molecule has 1 heterocycles. The number of thiazole rings is 1. The van der Waals surface area contributed by atoms with Crippen molar-refractivity contribution in [1.29, 1.82) is 0 Å². The summed E-state index contributed by atoms with van der Waals surface area (Å²) in [4.78, 5) is 7.29. The SMILES string of the molecule is Cc1sc(=Nc2ccccc2)n(CCc2ccccc2)c1-c1ccccc1. The third-order valence-electron chi connectivity index (χ3n) is 4.57. The lowest BCUT2D eigenvalue weighted by Gasteiger charge is -2.10. The van der Waals surface area contributed by atoms with E-state index in [0.29, 0.717) is 0 Å². The van der Waals surface area contributed by atoms with Crippen LogP contribution in [-0.4, -0.2) is 4.57 Å². The molecule has 0 fully saturated rings. The van der Waals surface area contributed by atoms with Crippen LogP contribution in [0.15, 0.2) is 96.0 Å². The Hall–Kier alpha value is -2.91. The van der Waals surface area contributed by atoms with E-state index in [2.05, 4.69) is 84.3 Å². The molecule has 27 heavy (non-hydrogen) atoms. The topological polar surface area (TPSA) is 17.3 Å². The van der Waals surface area contributed by atoms with Gasteiger partial charge in [0.05, 0.1) is 11.4 Å². The first-order valence-corrected chi connectivity index (χ1v) is 10.0. The lowest BCUT2D eigenvalue weighted by atomic mass is 10.1. The van der Waals surface area contributed by atoms with Crippen LogP contribution < -0.4 is 4.80 Å². The second-order valence-electron chi connectivity index (χ2n) is 6.49. The third kappa shape index (κ3) is 4.09. The number of para-hydroxylation sites is 1. The molecule has 4 rings (SSSR count). The maximum atomic E-state index is 4.94. The van der Waals surface area contributed by atoms with Crippen molar-refractivity contribution in [3.63, 3.8) is 0 Å². The van der Waals surface area contributed by atoms with Crippen molar-refractivity contribution in [2.75, 3.05) is 0 Å². The number of hydrogen-bond donors (Lipinski definition) is 0. The first-order chi connectivity index (χ1) is 13.3. The minimum Gasteiger partial charge on any atom is -0.316 e. The van der Waals surface area contributed by atoms with Gasteiger partial charge in [-0.2, -0.15) is 0 Å². The monoisotopic (exact) mass is 370 g/mol. The maximum absolute atomic E-state index is 4.94. The second-order valence-corrected chi connectivity index (χ2v) is 7.67. The highest BCUT2D eigenvalue weighted by Crippen LogP contribution is 2.26. The van der Waals surface area contributed by atoms with Gasteiger partial charge < -0.3 is 4.57 Å². The molecule has 0 aliphatic rings. The van der Waals surface area contributed by atoms with Gasteiger partial charge in [0.1, 0.15) is 0 Å². The van der Waals surface area contributed by atoms with Crippen LogP contribution in [0.3, 0.4) is 0 Å². The molecule has 2 nitrogen and oxygen atoms in total.